The number of hydrogen-bond donors (Lipinski definition) is 2. The molecule has 0 radical (unpaired) electrons. The quantitative estimate of drug-likeness (QED) is 0.296. The molecule has 2 N–H and O–H groups in total. The van der Waals surface area contributed by atoms with Crippen molar-refractivity contribution in [2.45, 2.75) is 13.5 Å². The van der Waals surface area contributed by atoms with E-state index in [2.05, 4.69) is 20.6 Å². The van der Waals surface area contributed by atoms with Crippen molar-refractivity contribution < 1.29 is 4.74 Å². The van der Waals surface area contributed by atoms with Crippen molar-refractivity contribution in [2.24, 2.45) is 4.99 Å². The Labute approximate surface area is 162 Å². The van der Waals surface area contributed by atoms with E-state index in [1.54, 1.807) is 24.5 Å². The van der Waals surface area contributed by atoms with Crippen molar-refractivity contribution in [1.29, 1.82) is 0 Å². The number of nitrogens with one attached hydrogen (secondary N) is 2. The van der Waals surface area contributed by atoms with E-state index < -0.39 is 0 Å². The summed E-state index contributed by atoms with van der Waals surface area (Å²) < 4.78 is 5.61. The number of benzene rings is 1. The first kappa shape index (κ1) is 20.0. The molecule has 0 bridgehead atoms. The fraction of sp³-hybridized carbons (Fsp3) is 0.333. The van der Waals surface area contributed by atoms with Crippen LogP contribution in [0.1, 0.15) is 9.88 Å². The number of hydrogen-bond acceptors (Lipinski definition) is 4. The summed E-state index contributed by atoms with van der Waals surface area (Å²) in [5.74, 6) is 1.41. The zero-order chi connectivity index (χ0) is 15.8. The van der Waals surface area contributed by atoms with E-state index in [1.807, 2.05) is 31.3 Å². The summed E-state index contributed by atoms with van der Waals surface area (Å²) in [6.07, 6.45) is 1.87. The average molecular weight is 467 g/mol. The van der Waals surface area contributed by atoms with Crippen molar-refractivity contribution in [1.82, 2.24) is 15.6 Å². The van der Waals surface area contributed by atoms with Gasteiger partial charge >= 0.3 is 0 Å². The van der Waals surface area contributed by atoms with E-state index in [0.29, 0.717) is 30.5 Å². The minimum absolute atomic E-state index is 0. The first-order valence-electron chi connectivity index (χ1n) is 6.92. The highest BCUT2D eigenvalue weighted by Crippen LogP contribution is 2.22. The molecule has 0 amide bonds. The number of aliphatic imine (C=N–C) groups is 1. The van der Waals surface area contributed by atoms with Crippen LogP contribution in [0, 0.1) is 6.92 Å². The number of aryl methyl sites for hydroxylation is 1. The molecule has 8 heteroatoms. The molecular formula is C15H20ClIN4OS. The molecule has 1 heterocycles. The maximum atomic E-state index is 6.03. The van der Waals surface area contributed by atoms with Crippen LogP contribution in [-0.2, 0) is 6.54 Å². The average Bonchev–Trinajstić information content (AvgIpc) is 2.94. The summed E-state index contributed by atoms with van der Waals surface area (Å²) in [6.45, 7) is 3.83. The molecule has 126 valence electrons. The Morgan fingerprint density at radius 2 is 2.13 bits per heavy atom. The highest BCUT2D eigenvalue weighted by atomic mass is 127. The van der Waals surface area contributed by atoms with E-state index in [9.17, 15) is 0 Å². The van der Waals surface area contributed by atoms with Gasteiger partial charge in [0.25, 0.3) is 0 Å². The molecule has 0 aliphatic heterocycles. The lowest BCUT2D eigenvalue weighted by Crippen LogP contribution is -2.38. The van der Waals surface area contributed by atoms with Crippen LogP contribution in [0.15, 0.2) is 35.5 Å². The number of halogens is 2. The van der Waals surface area contributed by atoms with Gasteiger partial charge in [0.2, 0.25) is 0 Å². The molecule has 0 aliphatic carbocycles. The Bertz CT molecular complexity index is 635. The lowest BCUT2D eigenvalue weighted by Gasteiger charge is -2.12. The Hall–Kier alpha value is -1.06. The van der Waals surface area contributed by atoms with Crippen molar-refractivity contribution in [3.8, 4) is 5.75 Å². The van der Waals surface area contributed by atoms with Crippen molar-refractivity contribution in [3.05, 3.63) is 45.4 Å². The maximum absolute atomic E-state index is 6.03. The summed E-state index contributed by atoms with van der Waals surface area (Å²) in [6, 6.07) is 7.42. The molecule has 0 saturated heterocycles. The van der Waals surface area contributed by atoms with Gasteiger partial charge in [-0.3, -0.25) is 4.99 Å². The number of para-hydroxylation sites is 1. The highest BCUT2D eigenvalue weighted by molar-refractivity contribution is 14.0. The van der Waals surface area contributed by atoms with Crippen molar-refractivity contribution in [2.75, 3.05) is 20.2 Å². The van der Waals surface area contributed by atoms with Crippen LogP contribution in [0.3, 0.4) is 0 Å². The second-order valence-electron chi connectivity index (χ2n) is 4.50. The predicted octanol–water partition coefficient (Wildman–Crippen LogP) is 3.47. The maximum Gasteiger partial charge on any atom is 0.191 e. The van der Waals surface area contributed by atoms with E-state index in [-0.39, 0.29) is 24.0 Å². The van der Waals surface area contributed by atoms with Crippen LogP contribution in [0.5, 0.6) is 5.75 Å². The minimum Gasteiger partial charge on any atom is -0.490 e. The Morgan fingerprint density at radius 1 is 1.35 bits per heavy atom. The monoisotopic (exact) mass is 466 g/mol. The van der Waals surface area contributed by atoms with E-state index in [0.717, 1.165) is 11.0 Å². The van der Waals surface area contributed by atoms with Gasteiger partial charge in [0.1, 0.15) is 17.4 Å². The lowest BCUT2D eigenvalue weighted by molar-refractivity contribution is 0.322. The van der Waals surface area contributed by atoms with E-state index in [4.69, 9.17) is 16.3 Å². The van der Waals surface area contributed by atoms with Gasteiger partial charge in [-0.05, 0) is 19.1 Å². The zero-order valence-electron chi connectivity index (χ0n) is 13.0. The molecule has 0 saturated carbocycles. The molecule has 0 unspecified atom stereocenters. The first-order valence-corrected chi connectivity index (χ1v) is 8.11. The van der Waals surface area contributed by atoms with Crippen LogP contribution in [0.2, 0.25) is 5.02 Å². The number of nitrogens with zero attached hydrogens (tertiary/aromatic N) is 2. The fourth-order valence-electron chi connectivity index (χ4n) is 1.76. The standard InChI is InChI=1S/C15H19ClN4OS.HI/c1-11-9-19-14(22-11)10-20-15(17-2)18-7-8-21-13-6-4-3-5-12(13)16;/h3-6,9H,7-8,10H2,1-2H3,(H2,17,18,20);1H. The van der Waals surface area contributed by atoms with Gasteiger partial charge < -0.3 is 15.4 Å². The second-order valence-corrected chi connectivity index (χ2v) is 6.22. The number of thiazole rings is 1. The first-order chi connectivity index (χ1) is 10.7. The molecule has 23 heavy (non-hydrogen) atoms. The van der Waals surface area contributed by atoms with E-state index >= 15 is 0 Å². The largest absolute Gasteiger partial charge is 0.490 e. The topological polar surface area (TPSA) is 58.5 Å². The molecular weight excluding hydrogens is 447 g/mol. The van der Waals surface area contributed by atoms with Gasteiger partial charge in [-0.2, -0.15) is 0 Å². The number of ether oxygens (including phenoxy) is 1. The molecule has 5 nitrogen and oxygen atoms in total. The third-order valence-electron chi connectivity index (χ3n) is 2.79. The molecule has 1 aromatic heterocycles. The van der Waals surface area contributed by atoms with E-state index in [1.165, 1.54) is 4.88 Å². The SMILES string of the molecule is CN=C(NCCOc1ccccc1Cl)NCc1ncc(C)s1.I. The fourth-order valence-corrected chi connectivity index (χ4v) is 2.67. The molecule has 2 aromatic rings. The lowest BCUT2D eigenvalue weighted by atomic mass is 10.3. The smallest absolute Gasteiger partial charge is 0.191 e. The van der Waals surface area contributed by atoms with Crippen LogP contribution in [0.25, 0.3) is 0 Å². The third kappa shape index (κ3) is 6.92. The summed E-state index contributed by atoms with van der Waals surface area (Å²) >= 11 is 7.70. The third-order valence-corrected chi connectivity index (χ3v) is 4.01. The minimum atomic E-state index is 0. The van der Waals surface area contributed by atoms with Crippen LogP contribution in [0.4, 0.5) is 0 Å². The molecule has 2 rings (SSSR count). The van der Waals surface area contributed by atoms with Crippen LogP contribution < -0.4 is 15.4 Å². The summed E-state index contributed by atoms with van der Waals surface area (Å²) in [4.78, 5) is 9.67. The summed E-state index contributed by atoms with van der Waals surface area (Å²) in [5.41, 5.74) is 0. The Balaban J connectivity index is 0.00000264. The number of guanidine groups is 1. The van der Waals surface area contributed by atoms with Gasteiger partial charge in [0, 0.05) is 18.1 Å². The van der Waals surface area contributed by atoms with Gasteiger partial charge in [-0.25, -0.2) is 4.98 Å². The van der Waals surface area contributed by atoms with Gasteiger partial charge in [-0.1, -0.05) is 23.7 Å². The molecule has 1 aromatic carbocycles. The summed E-state index contributed by atoms with van der Waals surface area (Å²) in [5, 5.41) is 8.05. The van der Waals surface area contributed by atoms with Crippen LogP contribution in [-0.4, -0.2) is 31.1 Å². The van der Waals surface area contributed by atoms with Crippen LogP contribution >= 0.6 is 46.9 Å². The van der Waals surface area contributed by atoms with Crippen molar-refractivity contribution >= 4 is 52.9 Å². The highest BCUT2D eigenvalue weighted by Gasteiger charge is 2.02. The predicted molar refractivity (Wildman–Crippen MR) is 107 cm³/mol. The van der Waals surface area contributed by atoms with Crippen molar-refractivity contribution in [3.63, 3.8) is 0 Å². The number of aromatic nitrogens is 1. The Kier molecular flexibility index (Phi) is 9.27. The second kappa shape index (κ2) is 10.7. The Morgan fingerprint density at radius 3 is 2.78 bits per heavy atom. The molecule has 0 aliphatic rings. The number of rotatable bonds is 6. The molecule has 0 spiro atoms. The summed E-state index contributed by atoms with van der Waals surface area (Å²) in [7, 11) is 1.73. The molecule has 0 atom stereocenters. The normalized spacial score (nSPS) is 10.8. The zero-order valence-corrected chi connectivity index (χ0v) is 16.9. The van der Waals surface area contributed by atoms with Gasteiger partial charge in [-0.15, -0.1) is 35.3 Å². The van der Waals surface area contributed by atoms with Gasteiger partial charge in [0.05, 0.1) is 18.1 Å². The molecule has 0 fully saturated rings. The van der Waals surface area contributed by atoms with Gasteiger partial charge in [0.15, 0.2) is 5.96 Å².